The van der Waals surface area contributed by atoms with E-state index >= 15 is 0 Å². The van der Waals surface area contributed by atoms with Crippen LogP contribution < -0.4 is 5.32 Å². The van der Waals surface area contributed by atoms with Crippen LogP contribution in [0.1, 0.15) is 26.7 Å². The van der Waals surface area contributed by atoms with Crippen LogP contribution in [0.3, 0.4) is 0 Å². The zero-order valence-electron chi connectivity index (χ0n) is 9.49. The second-order valence-electron chi connectivity index (χ2n) is 4.37. The Hall–Kier alpha value is -0.420. The van der Waals surface area contributed by atoms with E-state index in [0.29, 0.717) is 24.5 Å². The molecule has 15 heavy (non-hydrogen) atoms. The molecule has 0 aromatic rings. The van der Waals surface area contributed by atoms with Gasteiger partial charge >= 0.3 is 0 Å². The van der Waals surface area contributed by atoms with Crippen LogP contribution in [-0.2, 0) is 14.5 Å². The van der Waals surface area contributed by atoms with Crippen molar-refractivity contribution in [3.05, 3.63) is 0 Å². The van der Waals surface area contributed by atoms with Crippen LogP contribution in [0.15, 0.2) is 4.36 Å². The average molecular weight is 232 g/mol. The minimum Gasteiger partial charge on any atom is -0.316 e. The molecule has 1 heterocycles. The predicted molar refractivity (Wildman–Crippen MR) is 62.3 cm³/mol. The van der Waals surface area contributed by atoms with Crippen LogP contribution in [0.4, 0.5) is 0 Å². The van der Waals surface area contributed by atoms with Gasteiger partial charge in [0.2, 0.25) is 0 Å². The highest BCUT2D eigenvalue weighted by Gasteiger charge is 2.15. The molecule has 1 amide bonds. The molecular weight excluding hydrogens is 212 g/mol. The van der Waals surface area contributed by atoms with E-state index < -0.39 is 9.73 Å². The van der Waals surface area contributed by atoms with Crippen LogP contribution in [0.25, 0.3) is 0 Å². The largest absolute Gasteiger partial charge is 0.316 e. The van der Waals surface area contributed by atoms with E-state index in [1.165, 1.54) is 0 Å². The smallest absolute Gasteiger partial charge is 0.254 e. The molecule has 0 radical (unpaired) electrons. The van der Waals surface area contributed by atoms with Gasteiger partial charge in [0.05, 0.1) is 9.73 Å². The van der Waals surface area contributed by atoms with Crippen LogP contribution in [0.2, 0.25) is 0 Å². The van der Waals surface area contributed by atoms with E-state index in [0.717, 1.165) is 13.0 Å². The number of amides is 1. The number of carbonyl (C=O) groups is 1. The molecule has 1 saturated heterocycles. The van der Waals surface area contributed by atoms with Crippen molar-refractivity contribution in [2.45, 2.75) is 26.7 Å². The van der Waals surface area contributed by atoms with Gasteiger partial charge in [-0.2, -0.15) is 4.36 Å². The van der Waals surface area contributed by atoms with Crippen molar-refractivity contribution in [3.8, 4) is 0 Å². The second-order valence-corrected chi connectivity index (χ2v) is 6.91. The number of carbonyl (C=O) groups excluding carboxylic acids is 1. The first-order chi connectivity index (χ1) is 7.02. The number of nitrogens with zero attached hydrogens (tertiary/aromatic N) is 1. The summed E-state index contributed by atoms with van der Waals surface area (Å²) < 4.78 is 16.1. The van der Waals surface area contributed by atoms with E-state index in [1.807, 2.05) is 13.8 Å². The van der Waals surface area contributed by atoms with E-state index in [-0.39, 0.29) is 11.8 Å². The SMILES string of the molecule is CC(C)CC(=O)N=S1(=O)CCCNCC1. The maximum absolute atomic E-state index is 12.2. The normalized spacial score (nSPS) is 27.4. The Bertz CT molecular complexity index is 316. The molecule has 1 N–H and O–H groups in total. The molecule has 5 heteroatoms. The van der Waals surface area contributed by atoms with Crippen molar-refractivity contribution in [2.24, 2.45) is 10.3 Å². The third kappa shape index (κ3) is 4.75. The summed E-state index contributed by atoms with van der Waals surface area (Å²) in [6, 6.07) is 0. The van der Waals surface area contributed by atoms with Gasteiger partial charge in [0.1, 0.15) is 0 Å². The van der Waals surface area contributed by atoms with E-state index in [9.17, 15) is 9.00 Å². The molecule has 0 aromatic carbocycles. The first kappa shape index (κ1) is 12.6. The fraction of sp³-hybridized carbons (Fsp3) is 0.900. The lowest BCUT2D eigenvalue weighted by atomic mass is 10.1. The molecule has 1 aliphatic rings. The summed E-state index contributed by atoms with van der Waals surface area (Å²) >= 11 is 0. The Morgan fingerprint density at radius 3 is 2.80 bits per heavy atom. The third-order valence-corrected chi connectivity index (χ3v) is 4.57. The van der Waals surface area contributed by atoms with Gasteiger partial charge in [-0.3, -0.25) is 4.79 Å². The summed E-state index contributed by atoms with van der Waals surface area (Å²) in [5.41, 5.74) is 0. The summed E-state index contributed by atoms with van der Waals surface area (Å²) in [5, 5.41) is 3.17. The lowest BCUT2D eigenvalue weighted by Gasteiger charge is -2.05. The van der Waals surface area contributed by atoms with Gasteiger partial charge in [0, 0.05) is 24.5 Å². The average Bonchev–Trinajstić information content (AvgIpc) is 2.27. The highest BCUT2D eigenvalue weighted by atomic mass is 32.2. The maximum Gasteiger partial charge on any atom is 0.254 e. The van der Waals surface area contributed by atoms with E-state index in [1.54, 1.807) is 0 Å². The first-order valence-corrected chi connectivity index (χ1v) is 7.33. The van der Waals surface area contributed by atoms with Gasteiger partial charge < -0.3 is 5.32 Å². The van der Waals surface area contributed by atoms with Gasteiger partial charge in [-0.1, -0.05) is 13.8 Å². The summed E-state index contributed by atoms with van der Waals surface area (Å²) in [7, 11) is -2.26. The van der Waals surface area contributed by atoms with Crippen LogP contribution in [-0.4, -0.2) is 34.7 Å². The van der Waals surface area contributed by atoms with Crippen LogP contribution in [0, 0.1) is 5.92 Å². The zero-order chi connectivity index (χ0) is 11.3. The van der Waals surface area contributed by atoms with Crippen LogP contribution >= 0.6 is 0 Å². The Morgan fingerprint density at radius 2 is 2.13 bits per heavy atom. The van der Waals surface area contributed by atoms with Crippen molar-refractivity contribution < 1.29 is 9.00 Å². The standard InChI is InChI=1S/C10H20N2O2S/c1-9(2)8-10(13)12-15(14)6-3-4-11-5-7-15/h9,11H,3-8H2,1-2H3. The first-order valence-electron chi connectivity index (χ1n) is 5.48. The molecule has 0 aromatic heterocycles. The van der Waals surface area contributed by atoms with Gasteiger partial charge in [-0.05, 0) is 18.9 Å². The number of rotatable bonds is 2. The fourth-order valence-corrected chi connectivity index (χ4v) is 3.44. The highest BCUT2D eigenvalue weighted by Crippen LogP contribution is 2.07. The fourth-order valence-electron chi connectivity index (χ4n) is 1.54. The van der Waals surface area contributed by atoms with E-state index in [2.05, 4.69) is 9.68 Å². The zero-order valence-corrected chi connectivity index (χ0v) is 10.3. The highest BCUT2D eigenvalue weighted by molar-refractivity contribution is 7.93. The van der Waals surface area contributed by atoms with Crippen LogP contribution in [0.5, 0.6) is 0 Å². The maximum atomic E-state index is 12.2. The van der Waals surface area contributed by atoms with E-state index in [4.69, 9.17) is 0 Å². The summed E-state index contributed by atoms with van der Waals surface area (Å²) in [5.74, 6) is 1.16. The minimum atomic E-state index is -2.26. The Kier molecular flexibility index (Phi) is 4.73. The summed E-state index contributed by atoms with van der Waals surface area (Å²) in [6.07, 6.45) is 1.25. The predicted octanol–water partition coefficient (Wildman–Crippen LogP) is 1.02. The number of nitrogens with one attached hydrogen (secondary N) is 1. The molecule has 0 bridgehead atoms. The lowest BCUT2D eigenvalue weighted by Crippen LogP contribution is -2.19. The molecule has 1 atom stereocenters. The van der Waals surface area contributed by atoms with Gasteiger partial charge in [-0.25, -0.2) is 4.21 Å². The number of hydrogen-bond donors (Lipinski definition) is 1. The van der Waals surface area contributed by atoms with Crippen molar-refractivity contribution in [3.63, 3.8) is 0 Å². The molecule has 1 unspecified atom stereocenters. The molecule has 0 saturated carbocycles. The Balaban J connectivity index is 2.69. The van der Waals surface area contributed by atoms with Crippen molar-refractivity contribution in [1.82, 2.24) is 5.32 Å². The second kappa shape index (κ2) is 5.61. The molecule has 4 nitrogen and oxygen atoms in total. The van der Waals surface area contributed by atoms with Crippen molar-refractivity contribution in [1.29, 1.82) is 0 Å². The Morgan fingerprint density at radius 1 is 1.40 bits per heavy atom. The molecule has 88 valence electrons. The molecule has 1 rings (SSSR count). The van der Waals surface area contributed by atoms with Gasteiger partial charge in [0.25, 0.3) is 5.91 Å². The monoisotopic (exact) mass is 232 g/mol. The van der Waals surface area contributed by atoms with Gasteiger partial charge in [-0.15, -0.1) is 0 Å². The van der Waals surface area contributed by atoms with Gasteiger partial charge in [0.15, 0.2) is 0 Å². The number of hydrogen-bond acceptors (Lipinski definition) is 3. The molecule has 0 aliphatic carbocycles. The molecule has 1 fully saturated rings. The summed E-state index contributed by atoms with van der Waals surface area (Å²) in [4.78, 5) is 11.5. The lowest BCUT2D eigenvalue weighted by molar-refractivity contribution is -0.118. The summed E-state index contributed by atoms with van der Waals surface area (Å²) in [6.45, 7) is 5.52. The minimum absolute atomic E-state index is 0.197. The van der Waals surface area contributed by atoms with Crippen molar-refractivity contribution in [2.75, 3.05) is 24.6 Å². The van der Waals surface area contributed by atoms with Crippen molar-refractivity contribution >= 4 is 15.6 Å². The quantitative estimate of drug-likeness (QED) is 0.773. The molecule has 1 aliphatic heterocycles. The third-order valence-electron chi connectivity index (χ3n) is 2.27. The molecular formula is C10H20N2O2S. The molecule has 0 spiro atoms. The topological polar surface area (TPSA) is 58.5 Å². The Labute approximate surface area is 92.0 Å².